The average molecular weight is 221 g/mol. The zero-order valence-corrected chi connectivity index (χ0v) is 9.49. The summed E-state index contributed by atoms with van der Waals surface area (Å²) in [7, 11) is 1.67. The highest BCUT2D eigenvalue weighted by molar-refractivity contribution is 5.71. The number of aromatic nitrogens is 3. The molecule has 0 saturated carbocycles. The highest BCUT2D eigenvalue weighted by Crippen LogP contribution is 2.14. The summed E-state index contributed by atoms with van der Waals surface area (Å²) in [5.41, 5.74) is 1.62. The van der Waals surface area contributed by atoms with Gasteiger partial charge in [0.25, 0.3) is 0 Å². The largest absolute Gasteiger partial charge is 0.478 e. The van der Waals surface area contributed by atoms with Crippen molar-refractivity contribution in [1.29, 1.82) is 0 Å². The van der Waals surface area contributed by atoms with Crippen LogP contribution in [0.25, 0.3) is 11.2 Å². The monoisotopic (exact) mass is 221 g/mol. The van der Waals surface area contributed by atoms with E-state index in [1.54, 1.807) is 7.11 Å². The zero-order chi connectivity index (χ0) is 11.4. The average Bonchev–Trinajstić information content (AvgIpc) is 2.68. The highest BCUT2D eigenvalue weighted by atomic mass is 16.5. The minimum Gasteiger partial charge on any atom is -0.478 e. The van der Waals surface area contributed by atoms with E-state index in [2.05, 4.69) is 15.0 Å². The van der Waals surface area contributed by atoms with Crippen molar-refractivity contribution in [2.45, 2.75) is 13.3 Å². The van der Waals surface area contributed by atoms with Crippen molar-refractivity contribution in [1.82, 2.24) is 15.0 Å². The molecule has 2 aromatic rings. The second-order valence-electron chi connectivity index (χ2n) is 3.38. The summed E-state index contributed by atoms with van der Waals surface area (Å²) in [6, 6.07) is 3.76. The molecule has 5 heteroatoms. The van der Waals surface area contributed by atoms with Gasteiger partial charge in [-0.15, -0.1) is 0 Å². The summed E-state index contributed by atoms with van der Waals surface area (Å²) in [6.45, 7) is 3.19. The Bertz CT molecular complexity index is 467. The fraction of sp³-hybridized carbons (Fsp3) is 0.455. The van der Waals surface area contributed by atoms with Crippen LogP contribution in [0.3, 0.4) is 0 Å². The molecule has 0 aliphatic heterocycles. The summed E-state index contributed by atoms with van der Waals surface area (Å²) in [4.78, 5) is 11.8. The molecule has 0 bridgehead atoms. The van der Waals surface area contributed by atoms with Crippen molar-refractivity contribution in [3.8, 4) is 5.88 Å². The van der Waals surface area contributed by atoms with E-state index in [9.17, 15) is 0 Å². The number of ether oxygens (including phenoxy) is 2. The van der Waals surface area contributed by atoms with Gasteiger partial charge >= 0.3 is 0 Å². The third kappa shape index (κ3) is 2.30. The first-order chi connectivity index (χ1) is 7.83. The molecule has 0 aliphatic rings. The number of H-pyrrole nitrogens is 1. The van der Waals surface area contributed by atoms with Crippen LogP contribution in [0.2, 0.25) is 0 Å². The van der Waals surface area contributed by atoms with Gasteiger partial charge in [0, 0.05) is 19.6 Å². The van der Waals surface area contributed by atoms with E-state index in [1.165, 1.54) is 0 Å². The first-order valence-corrected chi connectivity index (χ1v) is 5.31. The van der Waals surface area contributed by atoms with Crippen molar-refractivity contribution in [2.24, 2.45) is 0 Å². The van der Waals surface area contributed by atoms with E-state index >= 15 is 0 Å². The molecule has 16 heavy (non-hydrogen) atoms. The quantitative estimate of drug-likeness (QED) is 0.832. The summed E-state index contributed by atoms with van der Waals surface area (Å²) in [6.07, 6.45) is 0.761. The first kappa shape index (κ1) is 10.9. The van der Waals surface area contributed by atoms with Crippen LogP contribution in [0, 0.1) is 0 Å². The van der Waals surface area contributed by atoms with Crippen LogP contribution in [0.1, 0.15) is 12.7 Å². The molecule has 0 amide bonds. The maximum absolute atomic E-state index is 5.31. The van der Waals surface area contributed by atoms with Crippen LogP contribution < -0.4 is 4.74 Å². The molecule has 0 aromatic carbocycles. The fourth-order valence-electron chi connectivity index (χ4n) is 1.47. The molecule has 0 aliphatic carbocycles. The van der Waals surface area contributed by atoms with E-state index in [0.717, 1.165) is 17.8 Å². The molecule has 2 rings (SSSR count). The Hall–Kier alpha value is -1.62. The lowest BCUT2D eigenvalue weighted by molar-refractivity contribution is 0.201. The highest BCUT2D eigenvalue weighted by Gasteiger charge is 2.05. The molecule has 0 radical (unpaired) electrons. The minimum atomic E-state index is 0.611. The Labute approximate surface area is 93.8 Å². The van der Waals surface area contributed by atoms with Crippen molar-refractivity contribution >= 4 is 11.2 Å². The number of hydrogen-bond acceptors (Lipinski definition) is 4. The number of imidazole rings is 1. The Morgan fingerprint density at radius 3 is 2.94 bits per heavy atom. The molecule has 2 heterocycles. The number of nitrogens with zero attached hydrogens (tertiary/aromatic N) is 2. The zero-order valence-electron chi connectivity index (χ0n) is 9.49. The normalized spacial score (nSPS) is 10.9. The van der Waals surface area contributed by atoms with E-state index in [-0.39, 0.29) is 0 Å². The number of pyridine rings is 1. The maximum atomic E-state index is 5.31. The van der Waals surface area contributed by atoms with Gasteiger partial charge in [0.15, 0.2) is 5.65 Å². The van der Waals surface area contributed by atoms with Gasteiger partial charge in [-0.2, -0.15) is 4.98 Å². The lowest BCUT2D eigenvalue weighted by Gasteiger charge is -1.99. The molecule has 0 saturated heterocycles. The number of rotatable bonds is 5. The van der Waals surface area contributed by atoms with Crippen LogP contribution in [0.15, 0.2) is 12.1 Å². The Balaban J connectivity index is 2.23. The minimum absolute atomic E-state index is 0.611. The smallest absolute Gasteiger partial charge is 0.215 e. The molecule has 1 N–H and O–H groups in total. The van der Waals surface area contributed by atoms with Crippen LogP contribution in [0.4, 0.5) is 0 Å². The third-order valence-electron chi connectivity index (χ3n) is 2.20. The molecular formula is C11H15N3O2. The summed E-state index contributed by atoms with van der Waals surface area (Å²) in [5.74, 6) is 1.50. The standard InChI is InChI=1S/C11H15N3O2/c1-3-16-10-5-4-8-11(14-10)13-9(12-8)6-7-15-2/h4-5H,3,6-7H2,1-2H3,(H,12,13,14). The maximum Gasteiger partial charge on any atom is 0.215 e. The second-order valence-corrected chi connectivity index (χ2v) is 3.38. The first-order valence-electron chi connectivity index (χ1n) is 5.31. The summed E-state index contributed by atoms with van der Waals surface area (Å²) in [5, 5.41) is 0. The van der Waals surface area contributed by atoms with E-state index in [0.29, 0.717) is 24.7 Å². The van der Waals surface area contributed by atoms with Gasteiger partial charge < -0.3 is 14.5 Å². The number of nitrogens with one attached hydrogen (secondary N) is 1. The van der Waals surface area contributed by atoms with Crippen LogP contribution in [0.5, 0.6) is 5.88 Å². The van der Waals surface area contributed by atoms with Gasteiger partial charge in [-0.1, -0.05) is 0 Å². The second kappa shape index (κ2) is 4.94. The van der Waals surface area contributed by atoms with Crippen LogP contribution in [-0.2, 0) is 11.2 Å². The topological polar surface area (TPSA) is 60.0 Å². The predicted molar refractivity (Wildman–Crippen MR) is 60.6 cm³/mol. The van der Waals surface area contributed by atoms with E-state index in [1.807, 2.05) is 19.1 Å². The van der Waals surface area contributed by atoms with Crippen LogP contribution in [-0.4, -0.2) is 35.3 Å². The lowest BCUT2D eigenvalue weighted by atomic mass is 10.4. The van der Waals surface area contributed by atoms with Crippen molar-refractivity contribution in [2.75, 3.05) is 20.3 Å². The van der Waals surface area contributed by atoms with Crippen LogP contribution >= 0.6 is 0 Å². The predicted octanol–water partition coefficient (Wildman–Crippen LogP) is 1.55. The van der Waals surface area contributed by atoms with Gasteiger partial charge in [0.05, 0.1) is 18.7 Å². The van der Waals surface area contributed by atoms with Gasteiger partial charge in [0.2, 0.25) is 5.88 Å². The van der Waals surface area contributed by atoms with E-state index in [4.69, 9.17) is 9.47 Å². The number of fused-ring (bicyclic) bond motifs is 1. The van der Waals surface area contributed by atoms with Crippen molar-refractivity contribution in [3.05, 3.63) is 18.0 Å². The van der Waals surface area contributed by atoms with Crippen molar-refractivity contribution in [3.63, 3.8) is 0 Å². The van der Waals surface area contributed by atoms with Gasteiger partial charge in [-0.05, 0) is 13.0 Å². The SMILES string of the molecule is CCOc1ccc2[nH]c(CCOC)nc2n1. The van der Waals surface area contributed by atoms with Gasteiger partial charge in [0.1, 0.15) is 5.82 Å². The third-order valence-corrected chi connectivity index (χ3v) is 2.20. The molecular weight excluding hydrogens is 206 g/mol. The Morgan fingerprint density at radius 1 is 1.31 bits per heavy atom. The van der Waals surface area contributed by atoms with Gasteiger partial charge in [-0.25, -0.2) is 4.98 Å². The number of hydrogen-bond donors (Lipinski definition) is 1. The molecule has 0 fully saturated rings. The fourth-order valence-corrected chi connectivity index (χ4v) is 1.47. The molecule has 0 unspecified atom stereocenters. The number of aromatic amines is 1. The molecule has 5 nitrogen and oxygen atoms in total. The Morgan fingerprint density at radius 2 is 2.19 bits per heavy atom. The summed E-state index contributed by atoms with van der Waals surface area (Å²) >= 11 is 0. The molecule has 86 valence electrons. The molecule has 0 atom stereocenters. The number of methoxy groups -OCH3 is 1. The Kier molecular flexibility index (Phi) is 3.36. The van der Waals surface area contributed by atoms with Gasteiger partial charge in [-0.3, -0.25) is 0 Å². The summed E-state index contributed by atoms with van der Waals surface area (Å²) < 4.78 is 10.3. The molecule has 2 aromatic heterocycles. The molecule has 0 spiro atoms. The van der Waals surface area contributed by atoms with E-state index < -0.39 is 0 Å². The van der Waals surface area contributed by atoms with Crippen molar-refractivity contribution < 1.29 is 9.47 Å². The lowest BCUT2D eigenvalue weighted by Crippen LogP contribution is -1.96.